The van der Waals surface area contributed by atoms with Crippen molar-refractivity contribution < 1.29 is 9.21 Å². The molecule has 0 atom stereocenters. The minimum Gasteiger partial charge on any atom is -0.456 e. The Balaban J connectivity index is 1.92. The Morgan fingerprint density at radius 2 is 1.84 bits per heavy atom. The highest BCUT2D eigenvalue weighted by Crippen LogP contribution is 2.09. The third-order valence-corrected chi connectivity index (χ3v) is 3.17. The van der Waals surface area contributed by atoms with Crippen molar-refractivity contribution in [2.75, 3.05) is 0 Å². The van der Waals surface area contributed by atoms with Crippen LogP contribution in [0.1, 0.15) is 34.4 Å². The first-order valence-corrected chi connectivity index (χ1v) is 6.77. The van der Waals surface area contributed by atoms with Crippen molar-refractivity contribution in [2.45, 2.75) is 25.8 Å². The first-order chi connectivity index (χ1) is 9.22. The molecule has 100 valence electrons. The number of carbonyl (C=O) groups excluding carboxylic acids is 1. The van der Waals surface area contributed by atoms with Crippen molar-refractivity contribution in [3.05, 3.63) is 59.0 Å². The summed E-state index contributed by atoms with van der Waals surface area (Å²) in [6.45, 7) is 2.46. The van der Waals surface area contributed by atoms with Crippen LogP contribution in [0.2, 0.25) is 0 Å². The lowest BCUT2D eigenvalue weighted by atomic mass is 10.1. The number of nitrogens with one attached hydrogen (secondary N) is 1. The van der Waals surface area contributed by atoms with Crippen LogP contribution in [0.4, 0.5) is 0 Å². The first kappa shape index (κ1) is 13.7. The van der Waals surface area contributed by atoms with Gasteiger partial charge in [-0.25, -0.2) is 0 Å². The van der Waals surface area contributed by atoms with Gasteiger partial charge in [0, 0.05) is 18.8 Å². The van der Waals surface area contributed by atoms with Gasteiger partial charge in [0.15, 0.2) is 5.76 Å². The number of rotatable bonds is 5. The van der Waals surface area contributed by atoms with Crippen molar-refractivity contribution >= 4 is 17.5 Å². The van der Waals surface area contributed by atoms with Gasteiger partial charge in [-0.2, -0.15) is 0 Å². The lowest BCUT2D eigenvalue weighted by Gasteiger charge is -2.04. The minimum atomic E-state index is -0.193. The van der Waals surface area contributed by atoms with Crippen molar-refractivity contribution in [1.29, 1.82) is 0 Å². The van der Waals surface area contributed by atoms with Crippen molar-refractivity contribution in [3.8, 4) is 0 Å². The SMILES string of the molecule is CCc1ccc(C(=O)NCc2ccc(CCl)cc2)o1. The van der Waals surface area contributed by atoms with Crippen LogP contribution in [-0.2, 0) is 18.8 Å². The normalized spacial score (nSPS) is 10.4. The highest BCUT2D eigenvalue weighted by atomic mass is 35.5. The minimum absolute atomic E-state index is 0.193. The Labute approximate surface area is 117 Å². The molecule has 1 heterocycles. The fourth-order valence-corrected chi connectivity index (χ4v) is 1.88. The number of halogens is 1. The molecule has 19 heavy (non-hydrogen) atoms. The number of hydrogen-bond donors (Lipinski definition) is 1. The third-order valence-electron chi connectivity index (χ3n) is 2.86. The van der Waals surface area contributed by atoms with Crippen LogP contribution in [0.5, 0.6) is 0 Å². The molecule has 0 saturated heterocycles. The summed E-state index contributed by atoms with van der Waals surface area (Å²) in [5, 5.41) is 2.82. The molecular weight excluding hydrogens is 262 g/mol. The molecule has 0 radical (unpaired) electrons. The summed E-state index contributed by atoms with van der Waals surface area (Å²) >= 11 is 5.72. The molecule has 0 aliphatic rings. The number of carbonyl (C=O) groups is 1. The largest absolute Gasteiger partial charge is 0.456 e. The predicted octanol–water partition coefficient (Wildman–Crippen LogP) is 3.51. The molecule has 1 amide bonds. The number of amides is 1. The highest BCUT2D eigenvalue weighted by Gasteiger charge is 2.09. The van der Waals surface area contributed by atoms with E-state index >= 15 is 0 Å². The fourth-order valence-electron chi connectivity index (χ4n) is 1.71. The zero-order valence-electron chi connectivity index (χ0n) is 10.8. The summed E-state index contributed by atoms with van der Waals surface area (Å²) in [6, 6.07) is 11.3. The second-order valence-corrected chi connectivity index (χ2v) is 4.52. The number of benzene rings is 1. The topological polar surface area (TPSA) is 42.2 Å². The molecule has 2 aromatic rings. The Morgan fingerprint density at radius 3 is 2.42 bits per heavy atom. The van der Waals surface area contributed by atoms with E-state index in [1.165, 1.54) is 0 Å². The Hall–Kier alpha value is -1.74. The fraction of sp³-hybridized carbons (Fsp3) is 0.267. The molecule has 0 spiro atoms. The Bertz CT molecular complexity index is 546. The maximum absolute atomic E-state index is 11.8. The second-order valence-electron chi connectivity index (χ2n) is 4.25. The Kier molecular flexibility index (Phi) is 4.63. The number of aryl methyl sites for hydroxylation is 1. The summed E-state index contributed by atoms with van der Waals surface area (Å²) in [4.78, 5) is 11.8. The quantitative estimate of drug-likeness (QED) is 0.850. The maximum Gasteiger partial charge on any atom is 0.287 e. The molecular formula is C15H16ClNO2. The molecule has 1 N–H and O–H groups in total. The van der Waals surface area contributed by atoms with Crippen molar-refractivity contribution in [1.82, 2.24) is 5.32 Å². The lowest BCUT2D eigenvalue weighted by molar-refractivity contribution is 0.0921. The van der Waals surface area contributed by atoms with Gasteiger partial charge in [-0.15, -0.1) is 11.6 Å². The molecule has 3 nitrogen and oxygen atoms in total. The lowest BCUT2D eigenvalue weighted by Crippen LogP contribution is -2.22. The molecule has 0 saturated carbocycles. The number of hydrogen-bond acceptors (Lipinski definition) is 2. The van der Waals surface area contributed by atoms with Gasteiger partial charge in [0.25, 0.3) is 5.91 Å². The Morgan fingerprint density at radius 1 is 1.16 bits per heavy atom. The molecule has 0 bridgehead atoms. The van der Waals surface area contributed by atoms with Gasteiger partial charge >= 0.3 is 0 Å². The molecule has 1 aromatic carbocycles. The third kappa shape index (κ3) is 3.61. The maximum atomic E-state index is 11.8. The summed E-state index contributed by atoms with van der Waals surface area (Å²) < 4.78 is 5.39. The van der Waals surface area contributed by atoms with E-state index in [0.29, 0.717) is 18.2 Å². The summed E-state index contributed by atoms with van der Waals surface area (Å²) in [5.74, 6) is 1.48. The zero-order chi connectivity index (χ0) is 13.7. The summed E-state index contributed by atoms with van der Waals surface area (Å²) in [6.07, 6.45) is 0.785. The highest BCUT2D eigenvalue weighted by molar-refractivity contribution is 6.17. The molecule has 2 rings (SSSR count). The van der Waals surface area contributed by atoms with E-state index in [1.807, 2.05) is 37.3 Å². The van der Waals surface area contributed by atoms with Crippen molar-refractivity contribution in [3.63, 3.8) is 0 Å². The van der Waals surface area contributed by atoms with E-state index in [1.54, 1.807) is 6.07 Å². The summed E-state index contributed by atoms with van der Waals surface area (Å²) in [7, 11) is 0. The van der Waals surface area contributed by atoms with Crippen LogP contribution >= 0.6 is 11.6 Å². The van der Waals surface area contributed by atoms with Gasteiger partial charge < -0.3 is 9.73 Å². The van der Waals surface area contributed by atoms with Gasteiger partial charge in [0.2, 0.25) is 0 Å². The average molecular weight is 278 g/mol. The number of furan rings is 1. The van der Waals surface area contributed by atoms with Crippen LogP contribution in [0.3, 0.4) is 0 Å². The van der Waals surface area contributed by atoms with E-state index in [0.717, 1.165) is 23.3 Å². The standard InChI is InChI=1S/C15H16ClNO2/c1-2-13-7-8-14(19-13)15(18)17-10-12-5-3-11(9-16)4-6-12/h3-8H,2,9-10H2,1H3,(H,17,18). The van der Waals surface area contributed by atoms with E-state index in [4.69, 9.17) is 16.0 Å². The van der Waals surface area contributed by atoms with E-state index in [9.17, 15) is 4.79 Å². The molecule has 0 aliphatic heterocycles. The number of alkyl halides is 1. The van der Waals surface area contributed by atoms with Gasteiger partial charge in [-0.3, -0.25) is 4.79 Å². The van der Waals surface area contributed by atoms with Gasteiger partial charge in [0.05, 0.1) is 0 Å². The van der Waals surface area contributed by atoms with E-state index < -0.39 is 0 Å². The molecule has 0 aliphatic carbocycles. The van der Waals surface area contributed by atoms with E-state index in [-0.39, 0.29) is 5.91 Å². The molecule has 4 heteroatoms. The molecule has 1 aromatic heterocycles. The van der Waals surface area contributed by atoms with Crippen LogP contribution < -0.4 is 5.32 Å². The smallest absolute Gasteiger partial charge is 0.287 e. The van der Waals surface area contributed by atoms with Crippen LogP contribution in [-0.4, -0.2) is 5.91 Å². The van der Waals surface area contributed by atoms with Crippen molar-refractivity contribution in [2.24, 2.45) is 0 Å². The van der Waals surface area contributed by atoms with Crippen LogP contribution in [0.25, 0.3) is 0 Å². The summed E-state index contributed by atoms with van der Waals surface area (Å²) in [5.41, 5.74) is 2.10. The molecule has 0 unspecified atom stereocenters. The van der Waals surface area contributed by atoms with Gasteiger partial charge in [-0.1, -0.05) is 31.2 Å². The molecule has 0 fully saturated rings. The van der Waals surface area contributed by atoms with E-state index in [2.05, 4.69) is 5.32 Å². The van der Waals surface area contributed by atoms with Crippen LogP contribution in [0, 0.1) is 0 Å². The predicted molar refractivity (Wildman–Crippen MR) is 75.3 cm³/mol. The average Bonchev–Trinajstić information content (AvgIpc) is 2.94. The van der Waals surface area contributed by atoms with Gasteiger partial charge in [-0.05, 0) is 23.3 Å². The first-order valence-electron chi connectivity index (χ1n) is 6.23. The van der Waals surface area contributed by atoms with Crippen LogP contribution in [0.15, 0.2) is 40.8 Å². The zero-order valence-corrected chi connectivity index (χ0v) is 11.5. The van der Waals surface area contributed by atoms with Gasteiger partial charge in [0.1, 0.15) is 5.76 Å². The monoisotopic (exact) mass is 277 g/mol. The second kappa shape index (κ2) is 6.43.